The SMILES string of the molecule is CC(C)(C[C]=O)CC(=O)OC(C)(C)C. The number of carbonyl (C=O) groups excluding carboxylic acids is 2. The molecular formula is C11H19O3. The van der Waals surface area contributed by atoms with Crippen LogP contribution in [0.1, 0.15) is 47.5 Å². The highest BCUT2D eigenvalue weighted by Crippen LogP contribution is 2.25. The maximum Gasteiger partial charge on any atom is 0.306 e. The molecule has 3 nitrogen and oxygen atoms in total. The lowest BCUT2D eigenvalue weighted by molar-refractivity contribution is -0.157. The summed E-state index contributed by atoms with van der Waals surface area (Å²) in [5.74, 6) is -0.266. The first kappa shape index (κ1) is 13.1. The molecule has 0 aliphatic heterocycles. The molecule has 0 amide bonds. The highest BCUT2D eigenvalue weighted by atomic mass is 16.6. The molecule has 0 aromatic heterocycles. The Kier molecular flexibility index (Phi) is 4.30. The summed E-state index contributed by atoms with van der Waals surface area (Å²) in [7, 11) is 0. The van der Waals surface area contributed by atoms with Crippen molar-refractivity contribution >= 4 is 12.3 Å². The van der Waals surface area contributed by atoms with Crippen LogP contribution < -0.4 is 0 Å². The number of carbonyl (C=O) groups is 1. The summed E-state index contributed by atoms with van der Waals surface area (Å²) in [6.07, 6.45) is 2.32. The molecular weight excluding hydrogens is 180 g/mol. The van der Waals surface area contributed by atoms with E-state index < -0.39 is 5.60 Å². The third-order valence-electron chi connectivity index (χ3n) is 1.59. The number of rotatable bonds is 4. The van der Waals surface area contributed by atoms with Gasteiger partial charge in [0, 0.05) is 6.42 Å². The van der Waals surface area contributed by atoms with Crippen LogP contribution in [-0.2, 0) is 14.3 Å². The fourth-order valence-electron chi connectivity index (χ4n) is 1.03. The molecule has 0 saturated carbocycles. The number of esters is 1. The molecule has 0 fully saturated rings. The molecule has 81 valence electrons. The molecule has 0 aliphatic carbocycles. The summed E-state index contributed by atoms with van der Waals surface area (Å²) >= 11 is 0. The third-order valence-corrected chi connectivity index (χ3v) is 1.59. The van der Waals surface area contributed by atoms with Crippen molar-refractivity contribution in [3.8, 4) is 0 Å². The Bertz CT molecular complexity index is 211. The number of hydrogen-bond donors (Lipinski definition) is 0. The first-order valence-electron chi connectivity index (χ1n) is 4.73. The molecule has 0 atom stereocenters. The van der Waals surface area contributed by atoms with E-state index in [2.05, 4.69) is 0 Å². The van der Waals surface area contributed by atoms with Gasteiger partial charge in [-0.2, -0.15) is 0 Å². The molecule has 0 rings (SSSR count). The highest BCUT2D eigenvalue weighted by Gasteiger charge is 2.25. The van der Waals surface area contributed by atoms with Crippen molar-refractivity contribution in [2.24, 2.45) is 5.41 Å². The van der Waals surface area contributed by atoms with E-state index in [9.17, 15) is 9.59 Å². The fourth-order valence-corrected chi connectivity index (χ4v) is 1.03. The summed E-state index contributed by atoms with van der Waals surface area (Å²) in [4.78, 5) is 21.6. The van der Waals surface area contributed by atoms with Crippen molar-refractivity contribution in [2.45, 2.75) is 53.1 Å². The van der Waals surface area contributed by atoms with Gasteiger partial charge < -0.3 is 4.74 Å². The normalized spacial score (nSPS) is 12.4. The van der Waals surface area contributed by atoms with Crippen molar-refractivity contribution in [1.29, 1.82) is 0 Å². The van der Waals surface area contributed by atoms with Crippen LogP contribution in [0.4, 0.5) is 0 Å². The van der Waals surface area contributed by atoms with Gasteiger partial charge in [-0.15, -0.1) is 0 Å². The molecule has 3 heteroatoms. The van der Waals surface area contributed by atoms with Crippen LogP contribution in [0.5, 0.6) is 0 Å². The van der Waals surface area contributed by atoms with Gasteiger partial charge in [-0.25, -0.2) is 0 Å². The third kappa shape index (κ3) is 6.63. The second kappa shape index (κ2) is 4.58. The lowest BCUT2D eigenvalue weighted by Crippen LogP contribution is -2.27. The summed E-state index contributed by atoms with van der Waals surface area (Å²) in [6, 6.07) is 0. The number of ether oxygens (including phenoxy) is 1. The van der Waals surface area contributed by atoms with Crippen LogP contribution in [-0.4, -0.2) is 17.9 Å². The molecule has 0 aromatic rings. The Balaban J connectivity index is 4.12. The highest BCUT2D eigenvalue weighted by molar-refractivity contribution is 5.71. The molecule has 0 bridgehead atoms. The van der Waals surface area contributed by atoms with Gasteiger partial charge in [-0.3, -0.25) is 9.59 Å². The minimum Gasteiger partial charge on any atom is -0.460 e. The first-order chi connectivity index (χ1) is 6.16. The minimum atomic E-state index is -0.460. The zero-order valence-electron chi connectivity index (χ0n) is 9.64. The Morgan fingerprint density at radius 1 is 1.21 bits per heavy atom. The summed E-state index contributed by atoms with van der Waals surface area (Å²) in [5, 5.41) is 0. The van der Waals surface area contributed by atoms with Crippen LogP contribution in [0.2, 0.25) is 0 Å². The summed E-state index contributed by atoms with van der Waals surface area (Å²) < 4.78 is 5.15. The number of hydrogen-bond acceptors (Lipinski definition) is 3. The van der Waals surface area contributed by atoms with Crippen molar-refractivity contribution in [1.82, 2.24) is 0 Å². The van der Waals surface area contributed by atoms with E-state index >= 15 is 0 Å². The van der Waals surface area contributed by atoms with E-state index in [1.165, 1.54) is 0 Å². The molecule has 14 heavy (non-hydrogen) atoms. The Morgan fingerprint density at radius 2 is 1.71 bits per heavy atom. The topological polar surface area (TPSA) is 43.4 Å². The average molecular weight is 199 g/mol. The smallest absolute Gasteiger partial charge is 0.306 e. The van der Waals surface area contributed by atoms with Gasteiger partial charge in [-0.1, -0.05) is 13.8 Å². The molecule has 0 aliphatic rings. The van der Waals surface area contributed by atoms with Gasteiger partial charge in [0.25, 0.3) is 0 Å². The van der Waals surface area contributed by atoms with E-state index in [4.69, 9.17) is 4.74 Å². The molecule has 0 N–H and O–H groups in total. The van der Waals surface area contributed by atoms with Crippen molar-refractivity contribution in [3.63, 3.8) is 0 Å². The minimum absolute atomic E-state index is 0.250. The maximum atomic E-state index is 11.4. The first-order valence-corrected chi connectivity index (χ1v) is 4.73. The molecule has 0 unspecified atom stereocenters. The summed E-state index contributed by atoms with van der Waals surface area (Å²) in [5.41, 5.74) is -0.817. The molecule has 1 radical (unpaired) electrons. The molecule has 0 aromatic carbocycles. The van der Waals surface area contributed by atoms with Crippen molar-refractivity contribution in [3.05, 3.63) is 0 Å². The monoisotopic (exact) mass is 199 g/mol. The van der Waals surface area contributed by atoms with Crippen LogP contribution in [0.3, 0.4) is 0 Å². The van der Waals surface area contributed by atoms with Crippen LogP contribution in [0.15, 0.2) is 0 Å². The summed E-state index contributed by atoms with van der Waals surface area (Å²) in [6.45, 7) is 9.17. The van der Waals surface area contributed by atoms with Gasteiger partial charge in [0.2, 0.25) is 0 Å². The van der Waals surface area contributed by atoms with Gasteiger partial charge >= 0.3 is 5.97 Å². The lowest BCUT2D eigenvalue weighted by Gasteiger charge is -2.24. The maximum absolute atomic E-state index is 11.4. The molecule has 0 spiro atoms. The second-order valence-electron chi connectivity index (χ2n) is 5.25. The van der Waals surface area contributed by atoms with E-state index in [0.29, 0.717) is 0 Å². The predicted octanol–water partition coefficient (Wildman–Crippen LogP) is 2.24. The van der Waals surface area contributed by atoms with E-state index in [1.807, 2.05) is 40.9 Å². The van der Waals surface area contributed by atoms with Gasteiger partial charge in [0.15, 0.2) is 6.29 Å². The van der Waals surface area contributed by atoms with E-state index in [-0.39, 0.29) is 24.2 Å². The van der Waals surface area contributed by atoms with Crippen LogP contribution in [0, 0.1) is 5.41 Å². The Labute approximate surface area is 85.8 Å². The standard InChI is InChI=1S/C11H19O3/c1-10(2,3)14-9(13)8-11(4,5)6-7-12/h6,8H2,1-5H3. The van der Waals surface area contributed by atoms with Gasteiger partial charge in [0.05, 0.1) is 6.42 Å². The van der Waals surface area contributed by atoms with Crippen LogP contribution in [0.25, 0.3) is 0 Å². The lowest BCUT2D eigenvalue weighted by atomic mass is 9.86. The fraction of sp³-hybridized carbons (Fsp3) is 0.818. The molecule has 0 heterocycles. The van der Waals surface area contributed by atoms with Gasteiger partial charge in [-0.05, 0) is 26.2 Å². The molecule has 0 saturated heterocycles. The van der Waals surface area contributed by atoms with Crippen molar-refractivity contribution < 1.29 is 14.3 Å². The average Bonchev–Trinajstić information content (AvgIpc) is 1.78. The predicted molar refractivity (Wildman–Crippen MR) is 54.6 cm³/mol. The zero-order valence-corrected chi connectivity index (χ0v) is 9.64. The zero-order chi connectivity index (χ0) is 11.4. The Morgan fingerprint density at radius 3 is 2.07 bits per heavy atom. The van der Waals surface area contributed by atoms with E-state index in [0.717, 1.165) is 0 Å². The Hall–Kier alpha value is -0.860. The largest absolute Gasteiger partial charge is 0.460 e. The van der Waals surface area contributed by atoms with Crippen molar-refractivity contribution in [2.75, 3.05) is 0 Å². The quantitative estimate of drug-likeness (QED) is 0.652. The van der Waals surface area contributed by atoms with Gasteiger partial charge in [0.1, 0.15) is 5.60 Å². The van der Waals surface area contributed by atoms with E-state index in [1.54, 1.807) is 0 Å². The second-order valence-corrected chi connectivity index (χ2v) is 5.25. The van der Waals surface area contributed by atoms with Crippen LogP contribution >= 0.6 is 0 Å².